The number of hydrogen-bond donors (Lipinski definition) is 1. The van der Waals surface area contributed by atoms with Gasteiger partial charge in [-0.25, -0.2) is 4.98 Å². The molecule has 0 unspecified atom stereocenters. The van der Waals surface area contributed by atoms with Gasteiger partial charge in [0.2, 0.25) is 5.91 Å². The third-order valence-corrected chi connectivity index (χ3v) is 5.11. The van der Waals surface area contributed by atoms with E-state index in [1.54, 1.807) is 11.3 Å². The molecule has 1 aliphatic heterocycles. The highest BCUT2D eigenvalue weighted by Gasteiger charge is 2.17. The molecule has 0 bridgehead atoms. The van der Waals surface area contributed by atoms with Gasteiger partial charge in [0.1, 0.15) is 0 Å². The Labute approximate surface area is 147 Å². The molecule has 0 aliphatic carbocycles. The van der Waals surface area contributed by atoms with E-state index in [9.17, 15) is 4.79 Å². The summed E-state index contributed by atoms with van der Waals surface area (Å²) in [5, 5.41) is 6.12. The first-order chi connectivity index (χ1) is 11.7. The van der Waals surface area contributed by atoms with Crippen molar-refractivity contribution < 1.29 is 4.79 Å². The van der Waals surface area contributed by atoms with Crippen molar-refractivity contribution >= 4 is 28.1 Å². The molecule has 0 atom stereocenters. The van der Waals surface area contributed by atoms with Crippen LogP contribution in [0, 0.1) is 0 Å². The Morgan fingerprint density at radius 3 is 2.58 bits per heavy atom. The molecule has 24 heavy (non-hydrogen) atoms. The predicted octanol–water partition coefficient (Wildman–Crippen LogP) is 3.30. The number of rotatable bonds is 5. The van der Waals surface area contributed by atoms with Crippen LogP contribution in [0.15, 0.2) is 29.6 Å². The number of thiazole rings is 1. The van der Waals surface area contributed by atoms with Crippen molar-refractivity contribution in [1.29, 1.82) is 0 Å². The number of anilines is 2. The first-order valence-electron chi connectivity index (χ1n) is 8.45. The third-order valence-electron chi connectivity index (χ3n) is 4.21. The van der Waals surface area contributed by atoms with Crippen molar-refractivity contribution in [1.82, 2.24) is 9.88 Å². The van der Waals surface area contributed by atoms with E-state index in [1.165, 1.54) is 0 Å². The van der Waals surface area contributed by atoms with Crippen LogP contribution in [0.2, 0.25) is 0 Å². The first-order valence-corrected chi connectivity index (χ1v) is 9.33. The Bertz CT molecular complexity index is 675. The largest absolute Gasteiger partial charge is 0.346 e. The molecule has 128 valence electrons. The van der Waals surface area contributed by atoms with E-state index in [0.717, 1.165) is 54.7 Å². The summed E-state index contributed by atoms with van der Waals surface area (Å²) in [7, 11) is 2.16. The molecule has 1 aromatic heterocycles. The quantitative estimate of drug-likeness (QED) is 0.904. The molecule has 5 nitrogen and oxygen atoms in total. The zero-order valence-corrected chi connectivity index (χ0v) is 15.1. The Morgan fingerprint density at radius 2 is 1.92 bits per heavy atom. The van der Waals surface area contributed by atoms with Crippen molar-refractivity contribution in [3.8, 4) is 11.3 Å². The summed E-state index contributed by atoms with van der Waals surface area (Å²) in [6.45, 7) is 6.24. The smallest absolute Gasteiger partial charge is 0.224 e. The second kappa shape index (κ2) is 7.77. The molecule has 0 radical (unpaired) electrons. The van der Waals surface area contributed by atoms with Crippen molar-refractivity contribution in [2.24, 2.45) is 0 Å². The number of nitrogens with zero attached hydrogens (tertiary/aromatic N) is 3. The molecule has 1 aliphatic rings. The lowest BCUT2D eigenvalue weighted by Crippen LogP contribution is -2.44. The first kappa shape index (κ1) is 16.9. The van der Waals surface area contributed by atoms with Crippen LogP contribution in [-0.4, -0.2) is 49.0 Å². The lowest BCUT2D eigenvalue weighted by Gasteiger charge is -2.32. The highest BCUT2D eigenvalue weighted by molar-refractivity contribution is 7.14. The highest BCUT2D eigenvalue weighted by Crippen LogP contribution is 2.28. The fraction of sp³-hybridized carbons (Fsp3) is 0.444. The predicted molar refractivity (Wildman–Crippen MR) is 101 cm³/mol. The van der Waals surface area contributed by atoms with Crippen LogP contribution in [0.1, 0.15) is 19.8 Å². The van der Waals surface area contributed by atoms with E-state index in [4.69, 9.17) is 4.98 Å². The minimum absolute atomic E-state index is 0.0660. The molecule has 2 heterocycles. The zero-order valence-electron chi connectivity index (χ0n) is 14.3. The molecule has 1 N–H and O–H groups in total. The van der Waals surface area contributed by atoms with Crippen LogP contribution >= 0.6 is 11.3 Å². The topological polar surface area (TPSA) is 48.5 Å². The molecule has 0 saturated carbocycles. The number of piperazine rings is 1. The Balaban J connectivity index is 1.65. The maximum absolute atomic E-state index is 11.6. The molecule has 1 saturated heterocycles. The van der Waals surface area contributed by atoms with Crippen LogP contribution in [0.25, 0.3) is 11.3 Å². The standard InChI is InChI=1S/C18H24N4OS/c1-3-4-17(23)19-15-7-5-14(6-8-15)16-13-24-18(20-16)22-11-9-21(2)10-12-22/h5-8,13H,3-4,9-12H2,1-2H3,(H,19,23). The van der Waals surface area contributed by atoms with E-state index in [0.29, 0.717) is 6.42 Å². The number of likely N-dealkylation sites (N-methyl/N-ethyl adjacent to an activating group) is 1. The molecule has 2 aromatic rings. The lowest BCUT2D eigenvalue weighted by atomic mass is 10.1. The molecular weight excluding hydrogens is 320 g/mol. The fourth-order valence-electron chi connectivity index (χ4n) is 2.71. The fourth-order valence-corrected chi connectivity index (χ4v) is 3.60. The lowest BCUT2D eigenvalue weighted by molar-refractivity contribution is -0.116. The molecule has 0 spiro atoms. The summed E-state index contributed by atoms with van der Waals surface area (Å²) in [6.07, 6.45) is 1.42. The van der Waals surface area contributed by atoms with Gasteiger partial charge in [-0.2, -0.15) is 0 Å². The second-order valence-corrected chi connectivity index (χ2v) is 7.02. The van der Waals surface area contributed by atoms with E-state index in [-0.39, 0.29) is 5.91 Å². The zero-order chi connectivity index (χ0) is 16.9. The Hall–Kier alpha value is -1.92. The van der Waals surface area contributed by atoms with Crippen LogP contribution in [-0.2, 0) is 4.79 Å². The van der Waals surface area contributed by atoms with E-state index in [1.807, 2.05) is 31.2 Å². The third kappa shape index (κ3) is 4.13. The SMILES string of the molecule is CCCC(=O)Nc1ccc(-c2csc(N3CCN(C)CC3)n2)cc1. The van der Waals surface area contributed by atoms with Gasteiger partial charge >= 0.3 is 0 Å². The van der Waals surface area contributed by atoms with E-state index >= 15 is 0 Å². The maximum Gasteiger partial charge on any atom is 0.224 e. The van der Waals surface area contributed by atoms with Gasteiger partial charge in [0.25, 0.3) is 0 Å². The average molecular weight is 344 g/mol. The maximum atomic E-state index is 11.6. The van der Waals surface area contributed by atoms with Crippen LogP contribution in [0.3, 0.4) is 0 Å². The van der Waals surface area contributed by atoms with Gasteiger partial charge in [-0.05, 0) is 25.6 Å². The minimum Gasteiger partial charge on any atom is -0.346 e. The minimum atomic E-state index is 0.0660. The van der Waals surface area contributed by atoms with Crippen molar-refractivity contribution in [2.45, 2.75) is 19.8 Å². The molecule has 3 rings (SSSR count). The number of amides is 1. The summed E-state index contributed by atoms with van der Waals surface area (Å²) in [6, 6.07) is 7.92. The second-order valence-electron chi connectivity index (χ2n) is 6.18. The summed E-state index contributed by atoms with van der Waals surface area (Å²) >= 11 is 1.70. The number of nitrogens with one attached hydrogen (secondary N) is 1. The molecule has 1 amide bonds. The number of benzene rings is 1. The van der Waals surface area contributed by atoms with E-state index in [2.05, 4.69) is 27.5 Å². The van der Waals surface area contributed by atoms with Crippen LogP contribution in [0.5, 0.6) is 0 Å². The molecule has 1 fully saturated rings. The van der Waals surface area contributed by atoms with Gasteiger partial charge in [-0.3, -0.25) is 4.79 Å². The molecule has 6 heteroatoms. The van der Waals surface area contributed by atoms with Crippen LogP contribution < -0.4 is 10.2 Å². The van der Waals surface area contributed by atoms with E-state index < -0.39 is 0 Å². The van der Waals surface area contributed by atoms with Gasteiger partial charge < -0.3 is 15.1 Å². The highest BCUT2D eigenvalue weighted by atomic mass is 32.1. The monoisotopic (exact) mass is 344 g/mol. The number of hydrogen-bond acceptors (Lipinski definition) is 5. The summed E-state index contributed by atoms with van der Waals surface area (Å²) in [5.41, 5.74) is 2.92. The number of carbonyl (C=O) groups is 1. The normalized spacial score (nSPS) is 15.5. The van der Waals surface area contributed by atoms with Crippen molar-refractivity contribution in [3.05, 3.63) is 29.6 Å². The van der Waals surface area contributed by atoms with Gasteiger partial charge in [-0.1, -0.05) is 19.1 Å². The van der Waals surface area contributed by atoms with Gasteiger partial charge in [0.15, 0.2) is 5.13 Å². The average Bonchev–Trinajstić information content (AvgIpc) is 3.06. The Kier molecular flexibility index (Phi) is 5.48. The molecule has 1 aromatic carbocycles. The van der Waals surface area contributed by atoms with Gasteiger partial charge in [0.05, 0.1) is 5.69 Å². The number of carbonyl (C=O) groups excluding carboxylic acids is 1. The summed E-state index contributed by atoms with van der Waals surface area (Å²) < 4.78 is 0. The molecular formula is C18H24N4OS. The Morgan fingerprint density at radius 1 is 1.21 bits per heavy atom. The summed E-state index contributed by atoms with van der Waals surface area (Å²) in [5.74, 6) is 0.0660. The number of aromatic nitrogens is 1. The van der Waals surface area contributed by atoms with Crippen LogP contribution in [0.4, 0.5) is 10.8 Å². The van der Waals surface area contributed by atoms with Crippen molar-refractivity contribution in [2.75, 3.05) is 43.4 Å². The van der Waals surface area contributed by atoms with Gasteiger partial charge in [-0.15, -0.1) is 11.3 Å². The summed E-state index contributed by atoms with van der Waals surface area (Å²) in [4.78, 5) is 21.1. The van der Waals surface area contributed by atoms with Crippen molar-refractivity contribution in [3.63, 3.8) is 0 Å². The van der Waals surface area contributed by atoms with Gasteiger partial charge in [0, 0.05) is 49.2 Å².